The van der Waals surface area contributed by atoms with Gasteiger partial charge in [-0.15, -0.1) is 0 Å². The second-order valence-corrected chi connectivity index (χ2v) is 6.31. The van der Waals surface area contributed by atoms with Crippen LogP contribution in [0.4, 0.5) is 4.79 Å². The van der Waals surface area contributed by atoms with E-state index in [-0.39, 0.29) is 13.5 Å². The van der Waals surface area contributed by atoms with E-state index in [0.717, 1.165) is 17.6 Å². The van der Waals surface area contributed by atoms with Crippen LogP contribution in [-0.2, 0) is 10.3 Å². The molecule has 0 unspecified atom stereocenters. The highest BCUT2D eigenvalue weighted by Gasteiger charge is 2.31. The Hall–Kier alpha value is -1.21. The lowest BCUT2D eigenvalue weighted by atomic mass is 10.1. The number of aromatic nitrogens is 2. The number of halogens is 1. The van der Waals surface area contributed by atoms with Crippen molar-refractivity contribution in [3.8, 4) is 0 Å². The molecule has 118 valence electrons. The summed E-state index contributed by atoms with van der Waals surface area (Å²) in [5.74, 6) is 0.489. The Bertz CT molecular complexity index is 470. The number of rotatable bonds is 2. The number of ether oxygens (including phenoxy) is 1. The molecule has 1 amide bonds. The molecule has 7 heteroatoms. The summed E-state index contributed by atoms with van der Waals surface area (Å²) < 4.78 is 6.36. The molecule has 0 aliphatic carbocycles. The molecule has 2 rings (SSSR count). The van der Waals surface area contributed by atoms with E-state index in [1.54, 1.807) is 31.1 Å². The molecule has 1 aliphatic rings. The van der Waals surface area contributed by atoms with E-state index in [0.29, 0.717) is 18.9 Å². The van der Waals surface area contributed by atoms with Crippen molar-refractivity contribution in [1.29, 1.82) is 0 Å². The molecule has 0 aromatic carbocycles. The summed E-state index contributed by atoms with van der Waals surface area (Å²) in [6, 6.07) is 0. The maximum atomic E-state index is 12.2. The molecule has 0 atom stereocenters. The van der Waals surface area contributed by atoms with Gasteiger partial charge in [0.25, 0.3) is 0 Å². The van der Waals surface area contributed by atoms with Gasteiger partial charge in [-0.2, -0.15) is 0 Å². The zero-order valence-electron chi connectivity index (χ0n) is 12.0. The third kappa shape index (κ3) is 4.64. The highest BCUT2D eigenvalue weighted by atomic mass is 79.9. The third-order valence-electron chi connectivity index (χ3n) is 3.26. The summed E-state index contributed by atoms with van der Waals surface area (Å²) in [7, 11) is 2.04. The van der Waals surface area contributed by atoms with E-state index in [2.05, 4.69) is 30.8 Å². The van der Waals surface area contributed by atoms with Gasteiger partial charge in [0.05, 0.1) is 4.47 Å². The minimum Gasteiger partial charge on any atom is -0.435 e. The molecule has 1 fully saturated rings. The Morgan fingerprint density at radius 1 is 1.24 bits per heavy atom. The van der Waals surface area contributed by atoms with Crippen LogP contribution >= 0.6 is 15.9 Å². The molecule has 21 heavy (non-hydrogen) atoms. The fourth-order valence-electron chi connectivity index (χ4n) is 1.94. The van der Waals surface area contributed by atoms with Crippen LogP contribution in [0.2, 0.25) is 0 Å². The number of likely N-dealkylation sites (N-methyl/N-ethyl adjacent to an activating group) is 1. The largest absolute Gasteiger partial charge is 0.435 e. The second-order valence-electron chi connectivity index (χ2n) is 5.39. The lowest BCUT2D eigenvalue weighted by molar-refractivity contribution is -0.00151. The maximum absolute atomic E-state index is 12.2. The van der Waals surface area contributed by atoms with Crippen molar-refractivity contribution in [3.63, 3.8) is 0 Å². The number of hydrogen-bond acceptors (Lipinski definition) is 5. The van der Waals surface area contributed by atoms with Crippen molar-refractivity contribution in [1.82, 2.24) is 19.8 Å². The Kier molecular flexibility index (Phi) is 6.10. The fraction of sp³-hybridized carbons (Fsp3) is 0.643. The molecule has 1 aromatic heterocycles. The van der Waals surface area contributed by atoms with Gasteiger partial charge in [-0.1, -0.05) is 7.43 Å². The van der Waals surface area contributed by atoms with E-state index in [4.69, 9.17) is 4.74 Å². The number of carbonyl (C=O) groups is 1. The van der Waals surface area contributed by atoms with Gasteiger partial charge >= 0.3 is 6.09 Å². The molecular formula is C14H23BrN4O2. The first-order valence-corrected chi connectivity index (χ1v) is 7.32. The molecular weight excluding hydrogens is 336 g/mol. The SMILES string of the molecule is C.CN1CCN(C(=O)OC(C)(C)c2ncc(Br)cn2)CC1. The van der Waals surface area contributed by atoms with Crippen LogP contribution in [0.15, 0.2) is 16.9 Å². The highest BCUT2D eigenvalue weighted by molar-refractivity contribution is 9.10. The van der Waals surface area contributed by atoms with Crippen molar-refractivity contribution in [2.45, 2.75) is 26.9 Å². The minimum atomic E-state index is -0.846. The fourth-order valence-corrected chi connectivity index (χ4v) is 2.15. The number of amides is 1. The van der Waals surface area contributed by atoms with Crippen molar-refractivity contribution < 1.29 is 9.53 Å². The average Bonchev–Trinajstić information content (AvgIpc) is 2.39. The van der Waals surface area contributed by atoms with Crippen LogP contribution in [0.25, 0.3) is 0 Å². The Morgan fingerprint density at radius 2 is 1.76 bits per heavy atom. The van der Waals surface area contributed by atoms with Gasteiger partial charge < -0.3 is 14.5 Å². The topological polar surface area (TPSA) is 58.6 Å². The van der Waals surface area contributed by atoms with Crippen LogP contribution in [0, 0.1) is 0 Å². The number of piperazine rings is 1. The zero-order chi connectivity index (χ0) is 14.8. The lowest BCUT2D eigenvalue weighted by Crippen LogP contribution is -2.48. The van der Waals surface area contributed by atoms with Gasteiger partial charge in [0.2, 0.25) is 0 Å². The van der Waals surface area contributed by atoms with Crippen LogP contribution in [-0.4, -0.2) is 59.1 Å². The molecule has 1 aliphatic heterocycles. The minimum absolute atomic E-state index is 0. The summed E-state index contributed by atoms with van der Waals surface area (Å²) in [5, 5.41) is 0. The summed E-state index contributed by atoms with van der Waals surface area (Å²) in [5.41, 5.74) is -0.846. The van der Waals surface area contributed by atoms with Crippen LogP contribution in [0.1, 0.15) is 27.1 Å². The van der Waals surface area contributed by atoms with E-state index >= 15 is 0 Å². The number of nitrogens with zero attached hydrogens (tertiary/aromatic N) is 4. The standard InChI is InChI=1S/C13H19BrN4O2.CH4/c1-13(2,11-15-8-10(14)9-16-11)20-12(19)18-6-4-17(3)5-7-18;/h8-9H,4-7H2,1-3H3;1H4. The number of carbonyl (C=O) groups excluding carboxylic acids is 1. The highest BCUT2D eigenvalue weighted by Crippen LogP contribution is 2.23. The van der Waals surface area contributed by atoms with Gasteiger partial charge in [0.1, 0.15) is 0 Å². The van der Waals surface area contributed by atoms with E-state index < -0.39 is 5.60 Å². The first-order valence-electron chi connectivity index (χ1n) is 6.53. The van der Waals surface area contributed by atoms with Gasteiger partial charge in [-0.25, -0.2) is 14.8 Å². The Labute approximate surface area is 134 Å². The second kappa shape index (κ2) is 7.17. The molecule has 0 radical (unpaired) electrons. The maximum Gasteiger partial charge on any atom is 0.410 e. The predicted octanol–water partition coefficient (Wildman–Crippen LogP) is 2.49. The van der Waals surface area contributed by atoms with E-state index in [9.17, 15) is 4.79 Å². The van der Waals surface area contributed by atoms with Crippen molar-refractivity contribution in [3.05, 3.63) is 22.7 Å². The molecule has 2 heterocycles. The van der Waals surface area contributed by atoms with Crippen molar-refractivity contribution in [2.75, 3.05) is 33.2 Å². The van der Waals surface area contributed by atoms with E-state index in [1.807, 2.05) is 7.05 Å². The number of hydrogen-bond donors (Lipinski definition) is 0. The van der Waals surface area contributed by atoms with Crippen LogP contribution in [0.3, 0.4) is 0 Å². The zero-order valence-corrected chi connectivity index (χ0v) is 13.6. The summed E-state index contributed by atoms with van der Waals surface area (Å²) in [6.07, 6.45) is 2.98. The van der Waals surface area contributed by atoms with Crippen LogP contribution in [0.5, 0.6) is 0 Å². The molecule has 1 aromatic rings. The molecule has 1 saturated heterocycles. The Balaban J connectivity index is 0.00000220. The predicted molar refractivity (Wildman–Crippen MR) is 85.0 cm³/mol. The third-order valence-corrected chi connectivity index (χ3v) is 3.67. The normalized spacial score (nSPS) is 16.3. The van der Waals surface area contributed by atoms with Gasteiger partial charge in [-0.3, -0.25) is 0 Å². The molecule has 6 nitrogen and oxygen atoms in total. The van der Waals surface area contributed by atoms with Crippen LogP contribution < -0.4 is 0 Å². The van der Waals surface area contributed by atoms with Gasteiger partial charge in [0.15, 0.2) is 11.4 Å². The summed E-state index contributed by atoms with van der Waals surface area (Å²) in [4.78, 5) is 24.5. The molecule has 0 N–H and O–H groups in total. The monoisotopic (exact) mass is 358 g/mol. The summed E-state index contributed by atoms with van der Waals surface area (Å²) >= 11 is 3.29. The van der Waals surface area contributed by atoms with Crippen molar-refractivity contribution in [2.24, 2.45) is 0 Å². The first kappa shape index (κ1) is 17.8. The lowest BCUT2D eigenvalue weighted by Gasteiger charge is -2.34. The molecule has 0 spiro atoms. The van der Waals surface area contributed by atoms with Gasteiger partial charge in [0, 0.05) is 38.6 Å². The summed E-state index contributed by atoms with van der Waals surface area (Å²) in [6.45, 7) is 6.70. The Morgan fingerprint density at radius 3 is 2.29 bits per heavy atom. The molecule has 0 bridgehead atoms. The average molecular weight is 359 g/mol. The first-order chi connectivity index (χ1) is 9.38. The quantitative estimate of drug-likeness (QED) is 0.812. The van der Waals surface area contributed by atoms with Crippen molar-refractivity contribution >= 4 is 22.0 Å². The smallest absolute Gasteiger partial charge is 0.410 e. The van der Waals surface area contributed by atoms with Gasteiger partial charge in [-0.05, 0) is 36.8 Å². The van der Waals surface area contributed by atoms with E-state index in [1.165, 1.54) is 0 Å². The molecule has 0 saturated carbocycles.